The second-order valence-electron chi connectivity index (χ2n) is 18.4. The average Bonchev–Trinajstić information content (AvgIpc) is 3.74. The van der Waals surface area contributed by atoms with Crippen LogP contribution in [0.4, 0.5) is 20.3 Å². The van der Waals surface area contributed by atoms with Crippen molar-refractivity contribution in [1.82, 2.24) is 44.0 Å². The van der Waals surface area contributed by atoms with Gasteiger partial charge in [-0.25, -0.2) is 23.5 Å². The van der Waals surface area contributed by atoms with Crippen molar-refractivity contribution in [3.05, 3.63) is 76.4 Å². The van der Waals surface area contributed by atoms with Crippen LogP contribution in [0.25, 0.3) is 22.5 Å². The number of hydrogen-bond donors (Lipinski definition) is 3. The molecular weight excluding hydrogens is 865 g/mol. The van der Waals surface area contributed by atoms with Crippen LogP contribution in [0.1, 0.15) is 111 Å². The van der Waals surface area contributed by atoms with Crippen molar-refractivity contribution >= 4 is 46.2 Å². The normalized spacial score (nSPS) is 20.4. The summed E-state index contributed by atoms with van der Waals surface area (Å²) in [5, 5.41) is 12.4. The van der Waals surface area contributed by atoms with E-state index in [1.54, 1.807) is 31.4 Å². The minimum Gasteiger partial charge on any atom is -0.444 e. The lowest BCUT2D eigenvalue weighted by Crippen LogP contribution is -2.44. The van der Waals surface area contributed by atoms with Crippen molar-refractivity contribution in [2.24, 2.45) is 24.8 Å². The lowest BCUT2D eigenvalue weighted by Gasteiger charge is -2.35. The number of amides is 4. The number of alkyl halides is 2. The highest BCUT2D eigenvalue weighted by Gasteiger charge is 2.34. The van der Waals surface area contributed by atoms with E-state index in [0.29, 0.717) is 72.9 Å². The van der Waals surface area contributed by atoms with Crippen molar-refractivity contribution in [1.29, 1.82) is 0 Å². The van der Waals surface area contributed by atoms with Gasteiger partial charge in [0.25, 0.3) is 12.3 Å². The van der Waals surface area contributed by atoms with E-state index >= 15 is 0 Å². The number of fused-ring (bicyclic) bond motifs is 1. The number of benzene rings is 1. The second kappa shape index (κ2) is 19.7. The molecule has 1 aromatic carbocycles. The number of hydrogen-bond acceptors (Lipinski definition) is 11. The third-order valence-corrected chi connectivity index (χ3v) is 13.7. The molecule has 3 N–H and O–H groups in total. The van der Waals surface area contributed by atoms with E-state index in [1.165, 1.54) is 39.1 Å². The van der Waals surface area contributed by atoms with Crippen LogP contribution in [0.5, 0.6) is 0 Å². The monoisotopic (exact) mass is 919 g/mol. The molecule has 2 saturated heterocycles. The van der Waals surface area contributed by atoms with Crippen molar-refractivity contribution in [3.8, 4) is 23.3 Å². The number of oxazole rings is 1. The Morgan fingerprint density at radius 3 is 2.52 bits per heavy atom. The maximum absolute atomic E-state index is 14.2. The van der Waals surface area contributed by atoms with Crippen molar-refractivity contribution in [3.63, 3.8) is 0 Å². The van der Waals surface area contributed by atoms with Gasteiger partial charge in [0.2, 0.25) is 23.6 Å². The van der Waals surface area contributed by atoms with Crippen molar-refractivity contribution in [2.75, 3.05) is 50.4 Å². The molecule has 0 bridgehead atoms. The number of aromatic nitrogens is 6. The Bertz CT molecular complexity index is 2780. The molecule has 2 aliphatic carbocycles. The van der Waals surface area contributed by atoms with Crippen molar-refractivity contribution in [2.45, 2.75) is 89.1 Å². The number of imidazole rings is 1. The van der Waals surface area contributed by atoms with Gasteiger partial charge in [-0.05, 0) is 113 Å². The Morgan fingerprint density at radius 1 is 0.985 bits per heavy atom. The highest BCUT2D eigenvalue weighted by Crippen LogP contribution is 2.36. The van der Waals surface area contributed by atoms with Gasteiger partial charge >= 0.3 is 5.69 Å². The molecule has 6 heterocycles. The highest BCUT2D eigenvalue weighted by molar-refractivity contribution is 6.03. The number of carbonyl (C=O) groups excluding carboxylic acids is 4. The van der Waals surface area contributed by atoms with Gasteiger partial charge in [0.15, 0.2) is 11.4 Å². The topological polar surface area (TPSA) is 195 Å². The zero-order chi connectivity index (χ0) is 46.8. The molecule has 17 nitrogen and oxygen atoms in total. The van der Waals surface area contributed by atoms with Gasteiger partial charge in [0.05, 0.1) is 22.8 Å². The molecule has 2 aliphatic heterocycles. The molecule has 4 amide bonds. The summed E-state index contributed by atoms with van der Waals surface area (Å²) in [5.41, 5.74) is 1.69. The number of piperidine rings is 2. The summed E-state index contributed by atoms with van der Waals surface area (Å²) in [5.74, 6) is 6.86. The van der Waals surface area contributed by atoms with Crippen LogP contribution in [0.15, 0.2) is 58.2 Å². The summed E-state index contributed by atoms with van der Waals surface area (Å²) in [6, 6.07) is 8.08. The summed E-state index contributed by atoms with van der Waals surface area (Å²) in [7, 11) is 3.53. The smallest absolute Gasteiger partial charge is 0.329 e. The minimum atomic E-state index is -2.92. The Balaban J connectivity index is 0.712. The molecule has 1 atom stereocenters. The standard InChI is InChI=1S/C48H55F2N11O6/c1-57(26-31-17-21-59(22-18-31)20-4-3-5-29-8-13-37-39(23-29)58(2)48(66)61(37)38-14-15-41(62)55-45(38)64)47(65)32-9-11-34(12-10-32)60-27-35(42(56-60)43(49)50)53-44(63)36-28-67-46(54-36)33-16-19-51-40(24-33)52-25-30-6-7-30/h8,13,16,19,23-24,27-28,30-32,34,38,43H,4,6-7,9-12,14-15,17-18,20-22,25-26H2,1-2H3,(H,51,52)(H,53,63)(H,55,62,64)/t32-,34-,38?. The number of anilines is 2. The highest BCUT2D eigenvalue weighted by atomic mass is 19.3. The maximum Gasteiger partial charge on any atom is 0.329 e. The van der Waals surface area contributed by atoms with Gasteiger partial charge in [-0.1, -0.05) is 11.8 Å². The molecule has 0 radical (unpaired) electrons. The zero-order valence-corrected chi connectivity index (χ0v) is 37.7. The first-order valence-corrected chi connectivity index (χ1v) is 23.2. The number of nitrogens with one attached hydrogen (secondary N) is 3. The molecule has 4 aromatic heterocycles. The van der Waals surface area contributed by atoms with E-state index in [1.807, 2.05) is 24.1 Å². The fourth-order valence-corrected chi connectivity index (χ4v) is 9.60. The quantitative estimate of drug-likeness (QED) is 0.0885. The fourth-order valence-electron chi connectivity index (χ4n) is 9.60. The summed E-state index contributed by atoms with van der Waals surface area (Å²) in [4.78, 5) is 77.0. The molecule has 1 unspecified atom stereocenters. The SMILES string of the molecule is CN(CC1CCN(CCC#Cc2ccc3c(c2)n(C)c(=O)n3C2CCC(=O)NC2=O)CC1)C(=O)[C@H]1CC[C@H](n2cc(NC(=O)c3coc(-c4ccnc(NCC5CC5)c4)n3)c(C(F)F)n2)CC1. The summed E-state index contributed by atoms with van der Waals surface area (Å²) < 4.78 is 38.4. The van der Waals surface area contributed by atoms with Crippen LogP contribution in [0.2, 0.25) is 0 Å². The van der Waals surface area contributed by atoms with Gasteiger partial charge < -0.3 is 24.9 Å². The lowest BCUT2D eigenvalue weighted by atomic mass is 9.85. The molecule has 0 spiro atoms. The molecular formula is C48H55F2N11O6. The molecule has 19 heteroatoms. The number of carbonyl (C=O) groups is 4. The molecule has 4 aliphatic rings. The Kier molecular flexibility index (Phi) is 13.3. The van der Waals surface area contributed by atoms with Crippen LogP contribution < -0.4 is 21.6 Å². The number of pyridine rings is 1. The van der Waals surface area contributed by atoms with Gasteiger partial charge in [0.1, 0.15) is 18.1 Å². The molecule has 5 aromatic rings. The van der Waals surface area contributed by atoms with Crippen LogP contribution in [-0.2, 0) is 21.4 Å². The van der Waals surface area contributed by atoms with Gasteiger partial charge in [-0.15, -0.1) is 0 Å². The lowest BCUT2D eigenvalue weighted by molar-refractivity contribution is -0.137. The van der Waals surface area contributed by atoms with Gasteiger partial charge in [-0.2, -0.15) is 5.10 Å². The van der Waals surface area contributed by atoms with E-state index < -0.39 is 30.0 Å². The predicted molar refractivity (Wildman–Crippen MR) is 244 cm³/mol. The Hall–Kier alpha value is -6.68. The zero-order valence-electron chi connectivity index (χ0n) is 37.7. The largest absolute Gasteiger partial charge is 0.444 e. The van der Waals surface area contributed by atoms with E-state index in [2.05, 4.69) is 47.8 Å². The number of aryl methyl sites for hydroxylation is 1. The van der Waals surface area contributed by atoms with E-state index in [9.17, 15) is 32.8 Å². The predicted octanol–water partition coefficient (Wildman–Crippen LogP) is 5.92. The molecule has 2 saturated carbocycles. The molecule has 9 rings (SSSR count). The van der Waals surface area contributed by atoms with E-state index in [0.717, 1.165) is 44.6 Å². The first kappa shape index (κ1) is 45.5. The van der Waals surface area contributed by atoms with Crippen LogP contribution >= 0.6 is 0 Å². The summed E-state index contributed by atoms with van der Waals surface area (Å²) in [6.07, 6.45) is 9.21. The average molecular weight is 920 g/mol. The first-order valence-electron chi connectivity index (χ1n) is 23.2. The number of imide groups is 1. The van der Waals surface area contributed by atoms with Crippen LogP contribution in [0.3, 0.4) is 0 Å². The van der Waals surface area contributed by atoms with E-state index in [-0.39, 0.29) is 59.6 Å². The number of nitrogens with zero attached hydrogens (tertiary/aromatic N) is 8. The van der Waals surface area contributed by atoms with Gasteiger partial charge in [0, 0.05) is 76.0 Å². The number of likely N-dealkylation sites (tertiary alicyclic amines) is 1. The molecule has 352 valence electrons. The third kappa shape index (κ3) is 10.3. The number of rotatable bonds is 14. The second-order valence-corrected chi connectivity index (χ2v) is 18.4. The first-order chi connectivity index (χ1) is 32.4. The van der Waals surface area contributed by atoms with Crippen molar-refractivity contribution < 1.29 is 32.4 Å². The van der Waals surface area contributed by atoms with E-state index in [4.69, 9.17) is 4.42 Å². The molecule has 4 fully saturated rings. The minimum absolute atomic E-state index is 0.0611. The maximum atomic E-state index is 14.2. The molecule has 67 heavy (non-hydrogen) atoms. The Labute approximate surface area is 385 Å². The van der Waals surface area contributed by atoms with Crippen LogP contribution in [-0.4, -0.2) is 102 Å². The summed E-state index contributed by atoms with van der Waals surface area (Å²) >= 11 is 0. The third-order valence-electron chi connectivity index (χ3n) is 13.7. The fraction of sp³-hybridized carbons (Fsp3) is 0.500. The van der Waals surface area contributed by atoms with Gasteiger partial charge in [-0.3, -0.25) is 38.3 Å². The summed E-state index contributed by atoms with van der Waals surface area (Å²) in [6.45, 7) is 4.16. The van der Waals surface area contributed by atoms with Crippen LogP contribution in [0, 0.1) is 29.6 Å². The number of halogens is 2. The Morgan fingerprint density at radius 2 is 1.78 bits per heavy atom.